The zero-order chi connectivity index (χ0) is 14.5. The third-order valence-electron chi connectivity index (χ3n) is 3.28. The summed E-state index contributed by atoms with van der Waals surface area (Å²) in [5, 5.41) is 9.05. The molecule has 0 spiro atoms. The molecule has 0 amide bonds. The first-order chi connectivity index (χ1) is 10.4. The molecule has 0 aliphatic rings. The molecule has 21 heavy (non-hydrogen) atoms. The maximum Gasteiger partial charge on any atom is 0.0591 e. The van der Waals surface area contributed by atoms with Crippen LogP contribution in [0.3, 0.4) is 0 Å². The Morgan fingerprint density at radius 3 is 2.81 bits per heavy atom. The number of pyridine rings is 2. The quantitative estimate of drug-likeness (QED) is 0.734. The van der Waals surface area contributed by atoms with E-state index in [0.717, 1.165) is 40.8 Å². The van der Waals surface area contributed by atoms with E-state index < -0.39 is 0 Å². The van der Waals surface area contributed by atoms with Gasteiger partial charge in [0.2, 0.25) is 0 Å². The normalized spacial score (nSPS) is 10.5. The lowest BCUT2D eigenvalue weighted by atomic mass is 10.1. The number of anilines is 3. The van der Waals surface area contributed by atoms with Crippen molar-refractivity contribution in [3.05, 3.63) is 55.1 Å². The molecule has 2 N–H and O–H groups in total. The fraction of sp³-hybridized carbons (Fsp3) is 0.176. The molecule has 0 saturated heterocycles. The molecule has 0 atom stereocenters. The number of benzene rings is 1. The summed E-state index contributed by atoms with van der Waals surface area (Å²) >= 11 is 0. The lowest BCUT2D eigenvalue weighted by molar-refractivity contribution is 0.978. The van der Waals surface area contributed by atoms with Crippen LogP contribution in [0.4, 0.5) is 17.1 Å². The smallest absolute Gasteiger partial charge is 0.0591 e. The van der Waals surface area contributed by atoms with Crippen LogP contribution >= 0.6 is 0 Å². The van der Waals surface area contributed by atoms with Crippen LogP contribution in [-0.2, 0) is 0 Å². The van der Waals surface area contributed by atoms with Crippen molar-refractivity contribution in [1.82, 2.24) is 9.97 Å². The van der Waals surface area contributed by atoms with Crippen molar-refractivity contribution in [1.29, 1.82) is 0 Å². The van der Waals surface area contributed by atoms with Gasteiger partial charge in [-0.25, -0.2) is 0 Å². The van der Waals surface area contributed by atoms with E-state index in [2.05, 4.69) is 45.7 Å². The summed E-state index contributed by atoms with van der Waals surface area (Å²) in [4.78, 5) is 8.44. The molecule has 3 aromatic rings. The molecule has 2 heterocycles. The van der Waals surface area contributed by atoms with Gasteiger partial charge >= 0.3 is 0 Å². The lowest BCUT2D eigenvalue weighted by Gasteiger charge is -2.11. The second-order valence-electron chi connectivity index (χ2n) is 4.92. The zero-order valence-electron chi connectivity index (χ0n) is 12.0. The number of nitrogens with zero attached hydrogens (tertiary/aromatic N) is 2. The average molecular weight is 278 g/mol. The minimum absolute atomic E-state index is 0.949. The van der Waals surface area contributed by atoms with E-state index in [1.165, 1.54) is 0 Å². The Morgan fingerprint density at radius 1 is 1.00 bits per heavy atom. The fourth-order valence-electron chi connectivity index (χ4n) is 2.26. The molecular weight excluding hydrogens is 260 g/mol. The van der Waals surface area contributed by atoms with Crippen LogP contribution in [0.15, 0.2) is 55.1 Å². The van der Waals surface area contributed by atoms with Crippen LogP contribution in [0.5, 0.6) is 0 Å². The topological polar surface area (TPSA) is 49.8 Å². The molecule has 1 aromatic carbocycles. The highest BCUT2D eigenvalue weighted by atomic mass is 14.9. The molecule has 0 bridgehead atoms. The monoisotopic (exact) mass is 278 g/mol. The predicted octanol–water partition coefficient (Wildman–Crippen LogP) is 4.20. The Kier molecular flexibility index (Phi) is 3.96. The van der Waals surface area contributed by atoms with Crippen LogP contribution < -0.4 is 10.6 Å². The minimum Gasteiger partial charge on any atom is -0.384 e. The molecule has 2 aromatic heterocycles. The number of nitrogens with one attached hydrogen (secondary N) is 2. The van der Waals surface area contributed by atoms with Gasteiger partial charge in [-0.1, -0.05) is 19.1 Å². The van der Waals surface area contributed by atoms with E-state index in [0.29, 0.717) is 0 Å². The van der Waals surface area contributed by atoms with Gasteiger partial charge in [0.15, 0.2) is 0 Å². The predicted molar refractivity (Wildman–Crippen MR) is 88.0 cm³/mol. The molecule has 4 heteroatoms. The highest BCUT2D eigenvalue weighted by molar-refractivity contribution is 5.94. The van der Waals surface area contributed by atoms with Gasteiger partial charge in [-0.05, 0) is 24.6 Å². The summed E-state index contributed by atoms with van der Waals surface area (Å²) < 4.78 is 0. The first kappa shape index (κ1) is 13.4. The average Bonchev–Trinajstić information content (AvgIpc) is 2.54. The van der Waals surface area contributed by atoms with E-state index >= 15 is 0 Å². The molecule has 0 unspecified atom stereocenters. The van der Waals surface area contributed by atoms with E-state index in [9.17, 15) is 0 Å². The summed E-state index contributed by atoms with van der Waals surface area (Å²) in [7, 11) is 0. The lowest BCUT2D eigenvalue weighted by Crippen LogP contribution is -2.01. The molecule has 0 saturated carbocycles. The van der Waals surface area contributed by atoms with Crippen LogP contribution in [-0.4, -0.2) is 16.5 Å². The van der Waals surface area contributed by atoms with Crippen LogP contribution in [0.25, 0.3) is 10.8 Å². The largest absolute Gasteiger partial charge is 0.384 e. The fourth-order valence-corrected chi connectivity index (χ4v) is 2.26. The van der Waals surface area contributed by atoms with Crippen LogP contribution in [0.2, 0.25) is 0 Å². The Hall–Kier alpha value is -2.62. The maximum atomic E-state index is 4.28. The van der Waals surface area contributed by atoms with Gasteiger partial charge in [0.05, 0.1) is 23.8 Å². The van der Waals surface area contributed by atoms with Gasteiger partial charge in [0.25, 0.3) is 0 Å². The molecule has 0 aliphatic heterocycles. The van der Waals surface area contributed by atoms with E-state index in [1.54, 1.807) is 0 Å². The molecule has 0 radical (unpaired) electrons. The molecule has 0 fully saturated rings. The number of aromatic nitrogens is 2. The minimum atomic E-state index is 0.949. The molecule has 4 nitrogen and oxygen atoms in total. The van der Waals surface area contributed by atoms with E-state index in [1.807, 2.05) is 36.9 Å². The molecule has 106 valence electrons. The van der Waals surface area contributed by atoms with Crippen molar-refractivity contribution >= 4 is 27.8 Å². The van der Waals surface area contributed by atoms with Crippen molar-refractivity contribution in [2.75, 3.05) is 17.2 Å². The van der Waals surface area contributed by atoms with Gasteiger partial charge in [-0.15, -0.1) is 0 Å². The van der Waals surface area contributed by atoms with Crippen LogP contribution in [0.1, 0.15) is 13.3 Å². The van der Waals surface area contributed by atoms with Gasteiger partial charge in [0.1, 0.15) is 0 Å². The second-order valence-corrected chi connectivity index (χ2v) is 4.92. The van der Waals surface area contributed by atoms with Gasteiger partial charge in [0, 0.05) is 35.4 Å². The van der Waals surface area contributed by atoms with Crippen molar-refractivity contribution in [3.63, 3.8) is 0 Å². The molecule has 0 aliphatic carbocycles. The maximum absolute atomic E-state index is 4.28. The van der Waals surface area contributed by atoms with Gasteiger partial charge < -0.3 is 10.6 Å². The third-order valence-corrected chi connectivity index (χ3v) is 3.28. The van der Waals surface area contributed by atoms with Gasteiger partial charge in [-0.3, -0.25) is 9.97 Å². The van der Waals surface area contributed by atoms with E-state index in [-0.39, 0.29) is 0 Å². The summed E-state index contributed by atoms with van der Waals surface area (Å²) in [5.41, 5.74) is 3.06. The Morgan fingerprint density at radius 2 is 1.90 bits per heavy atom. The molecule has 3 rings (SSSR count). The summed E-state index contributed by atoms with van der Waals surface area (Å²) in [6.45, 7) is 3.09. The Balaban J connectivity index is 1.88. The zero-order valence-corrected chi connectivity index (χ0v) is 12.0. The van der Waals surface area contributed by atoms with Crippen LogP contribution in [0, 0.1) is 0 Å². The second kappa shape index (κ2) is 6.22. The SMILES string of the molecule is CCCNc1cncc(Nc2cccc3cnccc23)c1. The Bertz CT molecular complexity index is 734. The number of hydrogen-bond donors (Lipinski definition) is 2. The highest BCUT2D eigenvalue weighted by Gasteiger charge is 2.02. The van der Waals surface area contributed by atoms with Crippen molar-refractivity contribution < 1.29 is 0 Å². The summed E-state index contributed by atoms with van der Waals surface area (Å²) in [6.07, 6.45) is 8.45. The number of hydrogen-bond acceptors (Lipinski definition) is 4. The molecular formula is C17H18N4. The van der Waals surface area contributed by atoms with Crippen molar-refractivity contribution in [3.8, 4) is 0 Å². The highest BCUT2D eigenvalue weighted by Crippen LogP contribution is 2.26. The van der Waals surface area contributed by atoms with E-state index in [4.69, 9.17) is 0 Å². The van der Waals surface area contributed by atoms with Crippen molar-refractivity contribution in [2.24, 2.45) is 0 Å². The standard InChI is InChI=1S/C17H18N4/c1-2-7-20-14-9-15(12-19-11-14)21-17-5-3-4-13-10-18-8-6-16(13)17/h3-6,8-12,20-21H,2,7H2,1H3. The van der Waals surface area contributed by atoms with Gasteiger partial charge in [-0.2, -0.15) is 0 Å². The number of rotatable bonds is 5. The third kappa shape index (κ3) is 3.11. The van der Waals surface area contributed by atoms with Crippen molar-refractivity contribution in [2.45, 2.75) is 13.3 Å². The first-order valence-electron chi connectivity index (χ1n) is 7.15. The Labute approximate surface area is 124 Å². The first-order valence-corrected chi connectivity index (χ1v) is 7.15. The number of fused-ring (bicyclic) bond motifs is 1. The summed E-state index contributed by atoms with van der Waals surface area (Å²) in [5.74, 6) is 0. The summed E-state index contributed by atoms with van der Waals surface area (Å²) in [6, 6.07) is 10.2.